The van der Waals surface area contributed by atoms with E-state index in [9.17, 15) is 0 Å². The highest BCUT2D eigenvalue weighted by atomic mass is 14.8. The van der Waals surface area contributed by atoms with E-state index in [1.54, 1.807) is 0 Å². The van der Waals surface area contributed by atoms with E-state index in [0.717, 1.165) is 24.9 Å². The molecule has 0 aromatic rings. The van der Waals surface area contributed by atoms with E-state index in [-0.39, 0.29) is 0 Å². The SMILES string of the molecule is C(=NCC1CCCCC1)=NCC1CCCCC1. The Morgan fingerprint density at radius 2 is 1.06 bits per heavy atom. The summed E-state index contributed by atoms with van der Waals surface area (Å²) in [6.07, 6.45) is 13.9. The Kier molecular flexibility index (Phi) is 5.78. The molecule has 96 valence electrons. The predicted molar refractivity (Wildman–Crippen MR) is 72.7 cm³/mol. The monoisotopic (exact) mass is 234 g/mol. The number of nitrogens with zero attached hydrogens (tertiary/aromatic N) is 2. The lowest BCUT2D eigenvalue weighted by Gasteiger charge is -2.19. The van der Waals surface area contributed by atoms with E-state index in [4.69, 9.17) is 0 Å². The average Bonchev–Trinajstić information content (AvgIpc) is 2.41. The van der Waals surface area contributed by atoms with Gasteiger partial charge in [0.1, 0.15) is 0 Å². The largest absolute Gasteiger partial charge is 0.225 e. The maximum absolute atomic E-state index is 4.36. The van der Waals surface area contributed by atoms with Crippen LogP contribution < -0.4 is 0 Å². The van der Waals surface area contributed by atoms with Gasteiger partial charge in [-0.25, -0.2) is 9.98 Å². The van der Waals surface area contributed by atoms with Crippen molar-refractivity contribution in [1.29, 1.82) is 0 Å². The van der Waals surface area contributed by atoms with Crippen LogP contribution in [0, 0.1) is 11.8 Å². The van der Waals surface area contributed by atoms with E-state index in [0.29, 0.717) is 0 Å². The van der Waals surface area contributed by atoms with Crippen LogP contribution in [0.3, 0.4) is 0 Å². The summed E-state index contributed by atoms with van der Waals surface area (Å²) in [6.45, 7) is 1.93. The molecule has 0 aromatic heterocycles. The minimum absolute atomic E-state index is 0.820. The van der Waals surface area contributed by atoms with Gasteiger partial charge < -0.3 is 0 Å². The maximum atomic E-state index is 4.36. The van der Waals surface area contributed by atoms with Gasteiger partial charge in [0.2, 0.25) is 0 Å². The lowest BCUT2D eigenvalue weighted by molar-refractivity contribution is 0.365. The molecule has 2 heteroatoms. The molecule has 2 aliphatic rings. The van der Waals surface area contributed by atoms with Crippen molar-refractivity contribution in [2.24, 2.45) is 21.8 Å². The Morgan fingerprint density at radius 1 is 0.647 bits per heavy atom. The van der Waals surface area contributed by atoms with Crippen molar-refractivity contribution in [2.75, 3.05) is 13.1 Å². The molecule has 0 radical (unpaired) electrons. The Balaban J connectivity index is 1.61. The summed E-state index contributed by atoms with van der Waals surface area (Å²) in [4.78, 5) is 8.73. The Hall–Kier alpha value is -0.620. The topological polar surface area (TPSA) is 24.7 Å². The van der Waals surface area contributed by atoms with Gasteiger partial charge in [0, 0.05) is 0 Å². The molecule has 2 nitrogen and oxygen atoms in total. The first-order valence-corrected chi connectivity index (χ1v) is 7.53. The van der Waals surface area contributed by atoms with Gasteiger partial charge in [-0.05, 0) is 37.5 Å². The highest BCUT2D eigenvalue weighted by Crippen LogP contribution is 2.24. The molecule has 0 saturated heterocycles. The zero-order valence-corrected chi connectivity index (χ0v) is 11.0. The minimum Gasteiger partial charge on any atom is -0.225 e. The molecule has 0 atom stereocenters. The predicted octanol–water partition coefficient (Wildman–Crippen LogP) is 4.32. The molecule has 2 aliphatic carbocycles. The molecule has 0 aromatic carbocycles. The molecule has 2 rings (SSSR count). The number of rotatable bonds is 4. The second-order valence-electron chi connectivity index (χ2n) is 5.79. The number of hydrogen-bond donors (Lipinski definition) is 0. The first-order chi connectivity index (χ1) is 8.45. The van der Waals surface area contributed by atoms with Gasteiger partial charge in [0.05, 0.1) is 19.1 Å². The van der Waals surface area contributed by atoms with Gasteiger partial charge in [0.25, 0.3) is 0 Å². The Bertz CT molecular complexity index is 230. The van der Waals surface area contributed by atoms with Crippen molar-refractivity contribution < 1.29 is 0 Å². The number of aliphatic imine (C=N–C) groups is 2. The zero-order chi connectivity index (χ0) is 11.8. The van der Waals surface area contributed by atoms with Crippen molar-refractivity contribution in [3.63, 3.8) is 0 Å². The third-order valence-electron chi connectivity index (χ3n) is 4.29. The van der Waals surface area contributed by atoms with Crippen LogP contribution in [0.5, 0.6) is 0 Å². The molecule has 0 spiro atoms. The third-order valence-corrected chi connectivity index (χ3v) is 4.29. The Morgan fingerprint density at radius 3 is 1.47 bits per heavy atom. The smallest absolute Gasteiger partial charge is 0.0892 e. The fraction of sp³-hybridized carbons (Fsp3) is 0.933. The minimum atomic E-state index is 0.820. The van der Waals surface area contributed by atoms with Crippen LogP contribution in [0.2, 0.25) is 0 Å². The fourth-order valence-corrected chi connectivity index (χ4v) is 3.13. The molecule has 2 fully saturated rings. The van der Waals surface area contributed by atoms with Crippen LogP contribution in [-0.4, -0.2) is 19.1 Å². The molecule has 17 heavy (non-hydrogen) atoms. The quantitative estimate of drug-likeness (QED) is 0.647. The molecule has 0 amide bonds. The van der Waals surface area contributed by atoms with E-state index in [2.05, 4.69) is 16.0 Å². The van der Waals surface area contributed by atoms with Crippen LogP contribution in [0.15, 0.2) is 9.98 Å². The summed E-state index contributed by atoms with van der Waals surface area (Å²) < 4.78 is 0. The van der Waals surface area contributed by atoms with Gasteiger partial charge in [-0.2, -0.15) is 0 Å². The second-order valence-corrected chi connectivity index (χ2v) is 5.79. The molecule has 0 N–H and O–H groups in total. The van der Waals surface area contributed by atoms with Gasteiger partial charge in [-0.15, -0.1) is 0 Å². The highest BCUT2D eigenvalue weighted by Gasteiger charge is 2.13. The summed E-state index contributed by atoms with van der Waals surface area (Å²) in [5.41, 5.74) is 0. The van der Waals surface area contributed by atoms with Gasteiger partial charge in [0.15, 0.2) is 0 Å². The van der Waals surface area contributed by atoms with Gasteiger partial charge >= 0.3 is 0 Å². The van der Waals surface area contributed by atoms with E-state index in [1.807, 2.05) is 0 Å². The van der Waals surface area contributed by atoms with Crippen LogP contribution in [-0.2, 0) is 0 Å². The summed E-state index contributed by atoms with van der Waals surface area (Å²) in [7, 11) is 0. The molecule has 0 unspecified atom stereocenters. The summed E-state index contributed by atoms with van der Waals surface area (Å²) in [5, 5.41) is 0. The van der Waals surface area contributed by atoms with Crippen molar-refractivity contribution in [1.82, 2.24) is 0 Å². The van der Waals surface area contributed by atoms with Gasteiger partial charge in [-0.3, -0.25) is 0 Å². The second kappa shape index (κ2) is 7.66. The molecule has 0 aliphatic heterocycles. The lowest BCUT2D eigenvalue weighted by atomic mass is 9.89. The summed E-state index contributed by atoms with van der Waals surface area (Å²) in [6, 6.07) is 2.93. The van der Waals surface area contributed by atoms with Crippen molar-refractivity contribution in [3.8, 4) is 0 Å². The zero-order valence-electron chi connectivity index (χ0n) is 11.0. The molecular weight excluding hydrogens is 208 g/mol. The maximum Gasteiger partial charge on any atom is 0.0892 e. The van der Waals surface area contributed by atoms with Crippen molar-refractivity contribution in [2.45, 2.75) is 64.2 Å². The highest BCUT2D eigenvalue weighted by molar-refractivity contribution is 5.41. The van der Waals surface area contributed by atoms with Crippen molar-refractivity contribution >= 4 is 6.01 Å². The molecule has 0 heterocycles. The van der Waals surface area contributed by atoms with Crippen LogP contribution in [0.1, 0.15) is 64.2 Å². The van der Waals surface area contributed by atoms with E-state index < -0.39 is 0 Å². The summed E-state index contributed by atoms with van der Waals surface area (Å²) in [5.74, 6) is 1.64. The van der Waals surface area contributed by atoms with Crippen LogP contribution in [0.25, 0.3) is 0 Å². The molecule has 0 bridgehead atoms. The summed E-state index contributed by atoms with van der Waals surface area (Å²) >= 11 is 0. The third kappa shape index (κ3) is 5.04. The lowest BCUT2D eigenvalue weighted by Crippen LogP contribution is -2.09. The van der Waals surface area contributed by atoms with Crippen molar-refractivity contribution in [3.05, 3.63) is 0 Å². The first kappa shape index (κ1) is 12.8. The van der Waals surface area contributed by atoms with E-state index >= 15 is 0 Å². The first-order valence-electron chi connectivity index (χ1n) is 7.53. The van der Waals surface area contributed by atoms with E-state index in [1.165, 1.54) is 64.2 Å². The standard InChI is InChI=1S/C15H26N2/c1-3-7-14(8-4-1)11-16-13-17-12-15-9-5-2-6-10-15/h14-15H,1-12H2. The van der Waals surface area contributed by atoms with Crippen LogP contribution >= 0.6 is 0 Å². The van der Waals surface area contributed by atoms with Crippen LogP contribution in [0.4, 0.5) is 0 Å². The fourth-order valence-electron chi connectivity index (χ4n) is 3.13. The molecular formula is C15H26N2. The van der Waals surface area contributed by atoms with Gasteiger partial charge in [-0.1, -0.05) is 38.5 Å². The average molecular weight is 234 g/mol. The normalized spacial score (nSPS) is 23.1. The molecule has 2 saturated carbocycles. The number of hydrogen-bond acceptors (Lipinski definition) is 2. The Labute approximate surface area is 106 Å².